The summed E-state index contributed by atoms with van der Waals surface area (Å²) in [7, 11) is 1.91. The minimum Gasteiger partial charge on any atom is -0.275 e. The van der Waals surface area contributed by atoms with E-state index in [2.05, 4.69) is 35.1 Å². The van der Waals surface area contributed by atoms with Crippen LogP contribution in [0.25, 0.3) is 0 Å². The van der Waals surface area contributed by atoms with Gasteiger partial charge in [-0.2, -0.15) is 5.10 Å². The van der Waals surface area contributed by atoms with E-state index in [0.717, 1.165) is 5.69 Å². The molecule has 0 N–H and O–H groups in total. The molecular formula is C16H16N2. The fourth-order valence-electron chi connectivity index (χ4n) is 2.51. The van der Waals surface area contributed by atoms with Crippen LogP contribution in [0.4, 0.5) is 0 Å². The van der Waals surface area contributed by atoms with E-state index in [1.54, 1.807) is 4.68 Å². The molecule has 0 saturated heterocycles. The van der Waals surface area contributed by atoms with Gasteiger partial charge in [-0.1, -0.05) is 18.1 Å². The van der Waals surface area contributed by atoms with Crippen LogP contribution in [0.3, 0.4) is 0 Å². The molecule has 0 bridgehead atoms. The third kappa shape index (κ3) is 2.17. The molecule has 2 heteroatoms. The zero-order chi connectivity index (χ0) is 12.4. The van der Waals surface area contributed by atoms with Crippen molar-refractivity contribution < 1.29 is 0 Å². The summed E-state index contributed by atoms with van der Waals surface area (Å²) in [6, 6.07) is 8.43. The molecule has 0 spiro atoms. The molecule has 1 aromatic carbocycles. The van der Waals surface area contributed by atoms with Gasteiger partial charge in [0, 0.05) is 18.8 Å². The lowest BCUT2D eigenvalue weighted by atomic mass is 9.88. The van der Waals surface area contributed by atoms with E-state index >= 15 is 0 Å². The Kier molecular flexibility index (Phi) is 2.90. The Bertz CT molecular complexity index is 626. The highest BCUT2D eigenvalue weighted by atomic mass is 15.2. The molecule has 1 heterocycles. The average molecular weight is 236 g/mol. The maximum Gasteiger partial charge on any atom is 0.135 e. The lowest BCUT2D eigenvalue weighted by Crippen LogP contribution is -2.04. The first-order valence-corrected chi connectivity index (χ1v) is 6.45. The summed E-state index contributed by atoms with van der Waals surface area (Å²) < 4.78 is 1.78. The third-order valence-corrected chi connectivity index (χ3v) is 3.43. The van der Waals surface area contributed by atoms with Crippen LogP contribution in [0, 0.1) is 11.8 Å². The number of hydrogen-bond donors (Lipinski definition) is 0. The Morgan fingerprint density at radius 1 is 1.11 bits per heavy atom. The number of fused-ring (bicyclic) bond motifs is 1. The first-order valence-electron chi connectivity index (χ1n) is 6.45. The Morgan fingerprint density at radius 3 is 2.83 bits per heavy atom. The van der Waals surface area contributed by atoms with Crippen molar-refractivity contribution in [3.63, 3.8) is 0 Å². The van der Waals surface area contributed by atoms with Crippen LogP contribution >= 0.6 is 0 Å². The normalized spacial score (nSPS) is 13.6. The molecule has 0 radical (unpaired) electrons. The molecule has 1 aliphatic rings. The van der Waals surface area contributed by atoms with Crippen LogP contribution < -0.4 is 0 Å². The van der Waals surface area contributed by atoms with Crippen LogP contribution in [-0.2, 0) is 19.9 Å². The van der Waals surface area contributed by atoms with E-state index in [4.69, 9.17) is 0 Å². The number of nitrogens with zero attached hydrogens (tertiary/aromatic N) is 2. The molecule has 2 nitrogen and oxygen atoms in total. The molecule has 1 aromatic heterocycles. The minimum atomic E-state index is 0.839. The summed E-state index contributed by atoms with van der Waals surface area (Å²) in [4.78, 5) is 0. The van der Waals surface area contributed by atoms with Crippen LogP contribution in [-0.4, -0.2) is 9.78 Å². The van der Waals surface area contributed by atoms with Gasteiger partial charge in [-0.05, 0) is 54.9 Å². The second-order valence-electron chi connectivity index (χ2n) is 4.78. The van der Waals surface area contributed by atoms with Crippen LogP contribution in [0.1, 0.15) is 35.2 Å². The van der Waals surface area contributed by atoms with Gasteiger partial charge in [-0.3, -0.25) is 4.68 Å². The van der Waals surface area contributed by atoms with Crippen molar-refractivity contribution in [3.05, 3.63) is 52.8 Å². The van der Waals surface area contributed by atoms with Crippen molar-refractivity contribution in [2.45, 2.75) is 25.7 Å². The first-order chi connectivity index (χ1) is 8.83. The molecule has 0 fully saturated rings. The number of rotatable bonds is 0. The van der Waals surface area contributed by atoms with Gasteiger partial charge in [-0.25, -0.2) is 0 Å². The predicted octanol–water partition coefficient (Wildman–Crippen LogP) is 2.70. The fraction of sp³-hybridized carbons (Fsp3) is 0.312. The third-order valence-electron chi connectivity index (χ3n) is 3.43. The lowest BCUT2D eigenvalue weighted by molar-refractivity contribution is 0.684. The van der Waals surface area contributed by atoms with Crippen molar-refractivity contribution in [2.24, 2.45) is 7.05 Å². The Labute approximate surface area is 108 Å². The van der Waals surface area contributed by atoms with Gasteiger partial charge in [0.25, 0.3) is 0 Å². The summed E-state index contributed by atoms with van der Waals surface area (Å²) in [5.41, 5.74) is 4.95. The standard InChI is InChI=1S/C16H16N2/c1-18-12-11-15(17-18)10-9-14-7-4-6-13-5-2-3-8-16(13)14/h4,6-7,11-12H,2-3,5,8H2,1H3. The Hall–Kier alpha value is -2.01. The highest BCUT2D eigenvalue weighted by Gasteiger charge is 2.11. The second-order valence-corrected chi connectivity index (χ2v) is 4.78. The van der Waals surface area contributed by atoms with Gasteiger partial charge < -0.3 is 0 Å². The number of benzene rings is 1. The highest BCUT2D eigenvalue weighted by molar-refractivity contribution is 5.48. The molecule has 0 amide bonds. The Balaban J connectivity index is 1.96. The Morgan fingerprint density at radius 2 is 2.00 bits per heavy atom. The van der Waals surface area contributed by atoms with E-state index in [1.165, 1.54) is 42.4 Å². The minimum absolute atomic E-state index is 0.839. The zero-order valence-corrected chi connectivity index (χ0v) is 10.6. The summed E-state index contributed by atoms with van der Waals surface area (Å²) in [6.07, 6.45) is 6.89. The quantitative estimate of drug-likeness (QED) is 0.643. The monoisotopic (exact) mass is 236 g/mol. The second kappa shape index (κ2) is 4.70. The summed E-state index contributed by atoms with van der Waals surface area (Å²) in [5.74, 6) is 6.43. The molecule has 90 valence electrons. The van der Waals surface area contributed by atoms with Crippen molar-refractivity contribution in [1.82, 2.24) is 9.78 Å². The summed E-state index contributed by atoms with van der Waals surface area (Å²) in [6.45, 7) is 0. The summed E-state index contributed by atoms with van der Waals surface area (Å²) in [5, 5.41) is 4.28. The maximum absolute atomic E-state index is 4.28. The van der Waals surface area contributed by atoms with Crippen molar-refractivity contribution in [1.29, 1.82) is 0 Å². The van der Waals surface area contributed by atoms with Crippen LogP contribution in [0.5, 0.6) is 0 Å². The zero-order valence-electron chi connectivity index (χ0n) is 10.6. The van der Waals surface area contributed by atoms with Crippen LogP contribution in [0.15, 0.2) is 30.5 Å². The van der Waals surface area contributed by atoms with Crippen molar-refractivity contribution in [2.75, 3.05) is 0 Å². The molecule has 0 unspecified atom stereocenters. The van der Waals surface area contributed by atoms with E-state index in [1.807, 2.05) is 19.3 Å². The SMILES string of the molecule is Cn1ccc(C#Cc2cccc3c2CCCC3)n1. The number of aromatic nitrogens is 2. The summed E-state index contributed by atoms with van der Waals surface area (Å²) >= 11 is 0. The molecule has 3 rings (SSSR count). The number of hydrogen-bond acceptors (Lipinski definition) is 1. The van der Waals surface area contributed by atoms with Crippen molar-refractivity contribution >= 4 is 0 Å². The average Bonchev–Trinajstić information content (AvgIpc) is 2.82. The van der Waals surface area contributed by atoms with E-state index in [-0.39, 0.29) is 0 Å². The van der Waals surface area contributed by atoms with Gasteiger partial charge in [-0.15, -0.1) is 0 Å². The largest absolute Gasteiger partial charge is 0.275 e. The fourth-order valence-corrected chi connectivity index (χ4v) is 2.51. The van der Waals surface area contributed by atoms with E-state index < -0.39 is 0 Å². The van der Waals surface area contributed by atoms with Gasteiger partial charge in [0.1, 0.15) is 5.69 Å². The van der Waals surface area contributed by atoms with Crippen LogP contribution in [0.2, 0.25) is 0 Å². The lowest BCUT2D eigenvalue weighted by Gasteiger charge is -2.16. The molecular weight excluding hydrogens is 220 g/mol. The van der Waals surface area contributed by atoms with Gasteiger partial charge >= 0.3 is 0 Å². The topological polar surface area (TPSA) is 17.8 Å². The predicted molar refractivity (Wildman–Crippen MR) is 72.3 cm³/mol. The van der Waals surface area contributed by atoms with E-state index in [9.17, 15) is 0 Å². The molecule has 18 heavy (non-hydrogen) atoms. The maximum atomic E-state index is 4.28. The molecule has 0 atom stereocenters. The van der Waals surface area contributed by atoms with Gasteiger partial charge in [0.2, 0.25) is 0 Å². The van der Waals surface area contributed by atoms with Gasteiger partial charge in [0.15, 0.2) is 0 Å². The number of aryl methyl sites for hydroxylation is 2. The van der Waals surface area contributed by atoms with Crippen molar-refractivity contribution in [3.8, 4) is 11.8 Å². The highest BCUT2D eigenvalue weighted by Crippen LogP contribution is 2.23. The molecule has 0 saturated carbocycles. The molecule has 1 aliphatic carbocycles. The molecule has 0 aliphatic heterocycles. The first kappa shape index (κ1) is 11.1. The smallest absolute Gasteiger partial charge is 0.135 e. The van der Waals surface area contributed by atoms with Gasteiger partial charge in [0.05, 0.1) is 0 Å². The van der Waals surface area contributed by atoms with E-state index in [0.29, 0.717) is 0 Å². The molecule has 2 aromatic rings.